The molecule has 1 atom stereocenters. The van der Waals surface area contributed by atoms with Gasteiger partial charge in [-0.25, -0.2) is 0 Å². The summed E-state index contributed by atoms with van der Waals surface area (Å²) in [5.41, 5.74) is 4.25. The number of rotatable bonds is 6. The van der Waals surface area contributed by atoms with E-state index in [1.807, 2.05) is 24.3 Å². The van der Waals surface area contributed by atoms with Gasteiger partial charge in [-0.2, -0.15) is 0 Å². The topological polar surface area (TPSA) is 55.8 Å². The van der Waals surface area contributed by atoms with Crippen LogP contribution in [-0.2, 0) is 13.1 Å². The lowest BCUT2D eigenvalue weighted by Crippen LogP contribution is -2.36. The van der Waals surface area contributed by atoms with E-state index >= 15 is 0 Å². The molecule has 166 valence electrons. The molecule has 2 aromatic rings. The van der Waals surface area contributed by atoms with Crippen LogP contribution in [0, 0.1) is 0 Å². The van der Waals surface area contributed by atoms with Gasteiger partial charge in [0.2, 0.25) is 0 Å². The van der Waals surface area contributed by atoms with Gasteiger partial charge in [-0.05, 0) is 74.5 Å². The van der Waals surface area contributed by atoms with Gasteiger partial charge in [0.1, 0.15) is 0 Å². The van der Waals surface area contributed by atoms with Gasteiger partial charge in [0, 0.05) is 43.5 Å². The Labute approximate surface area is 186 Å². The number of benzene rings is 2. The van der Waals surface area contributed by atoms with Crippen LogP contribution in [0.1, 0.15) is 60.5 Å². The second-order valence-corrected chi connectivity index (χ2v) is 9.08. The van der Waals surface area contributed by atoms with Crippen molar-refractivity contribution in [2.45, 2.75) is 64.3 Å². The van der Waals surface area contributed by atoms with Crippen LogP contribution in [0.15, 0.2) is 48.5 Å². The molecule has 1 unspecified atom stereocenters. The zero-order valence-electron chi connectivity index (χ0n) is 18.6. The number of likely N-dealkylation sites (tertiary alicyclic amines) is 1. The van der Waals surface area contributed by atoms with Gasteiger partial charge in [0.05, 0.1) is 6.10 Å². The molecule has 0 aromatic heterocycles. The minimum atomic E-state index is -0.177. The zero-order valence-corrected chi connectivity index (χ0v) is 18.6. The first-order valence-electron chi connectivity index (χ1n) is 11.7. The first-order valence-corrected chi connectivity index (χ1v) is 11.7. The lowest BCUT2D eigenvalue weighted by molar-refractivity contribution is 0.0951. The predicted octanol–water partition coefficient (Wildman–Crippen LogP) is 3.95. The number of nitrogens with one attached hydrogen (secondary N) is 1. The van der Waals surface area contributed by atoms with Crippen molar-refractivity contribution in [1.82, 2.24) is 10.2 Å². The molecule has 0 radical (unpaired) electrons. The smallest absolute Gasteiger partial charge is 0.251 e. The highest BCUT2D eigenvalue weighted by Crippen LogP contribution is 2.21. The van der Waals surface area contributed by atoms with Crippen LogP contribution in [0.3, 0.4) is 0 Å². The van der Waals surface area contributed by atoms with E-state index < -0.39 is 0 Å². The summed E-state index contributed by atoms with van der Waals surface area (Å²) in [5, 5.41) is 12.7. The van der Waals surface area contributed by atoms with Crippen molar-refractivity contribution in [2.75, 3.05) is 24.5 Å². The van der Waals surface area contributed by atoms with Crippen LogP contribution in [0.2, 0.25) is 0 Å². The van der Waals surface area contributed by atoms with Crippen LogP contribution in [0.25, 0.3) is 0 Å². The molecule has 2 saturated heterocycles. The molecule has 2 fully saturated rings. The summed E-state index contributed by atoms with van der Waals surface area (Å²) >= 11 is 0. The van der Waals surface area contributed by atoms with E-state index in [0.717, 1.165) is 43.7 Å². The normalized spacial score (nSPS) is 20.6. The van der Waals surface area contributed by atoms with Gasteiger partial charge in [0.25, 0.3) is 5.91 Å². The van der Waals surface area contributed by atoms with Crippen LogP contribution >= 0.6 is 0 Å². The molecule has 2 heterocycles. The molecule has 1 amide bonds. The van der Waals surface area contributed by atoms with E-state index in [0.29, 0.717) is 18.2 Å². The Bertz CT molecular complexity index is 842. The molecule has 5 heteroatoms. The van der Waals surface area contributed by atoms with Crippen molar-refractivity contribution in [3.63, 3.8) is 0 Å². The Hall–Kier alpha value is -2.37. The lowest BCUT2D eigenvalue weighted by Gasteiger charge is -2.33. The number of anilines is 1. The molecule has 2 aliphatic heterocycles. The number of nitrogens with zero attached hydrogens (tertiary/aromatic N) is 2. The first-order chi connectivity index (χ1) is 15.1. The average molecular weight is 422 g/mol. The van der Waals surface area contributed by atoms with E-state index in [4.69, 9.17) is 0 Å². The Balaban J connectivity index is 1.26. The summed E-state index contributed by atoms with van der Waals surface area (Å²) in [4.78, 5) is 17.4. The Morgan fingerprint density at radius 2 is 1.61 bits per heavy atom. The van der Waals surface area contributed by atoms with E-state index in [1.165, 1.54) is 31.4 Å². The second kappa shape index (κ2) is 10.3. The van der Waals surface area contributed by atoms with Crippen molar-refractivity contribution in [1.29, 1.82) is 0 Å². The van der Waals surface area contributed by atoms with Gasteiger partial charge in [-0.15, -0.1) is 0 Å². The highest BCUT2D eigenvalue weighted by atomic mass is 16.3. The summed E-state index contributed by atoms with van der Waals surface area (Å²) in [6, 6.07) is 17.1. The fraction of sp³-hybridized carbons (Fsp3) is 0.500. The van der Waals surface area contributed by atoms with Crippen molar-refractivity contribution >= 4 is 11.6 Å². The summed E-state index contributed by atoms with van der Waals surface area (Å²) in [5.74, 6) is -0.0492. The van der Waals surface area contributed by atoms with Crippen LogP contribution < -0.4 is 10.2 Å². The number of hydrogen-bond acceptors (Lipinski definition) is 4. The van der Waals surface area contributed by atoms with Gasteiger partial charge in [0.15, 0.2) is 0 Å². The van der Waals surface area contributed by atoms with Gasteiger partial charge in [-0.1, -0.05) is 30.7 Å². The van der Waals surface area contributed by atoms with E-state index in [2.05, 4.69) is 46.3 Å². The number of carbonyl (C=O) groups is 1. The third-order valence-electron chi connectivity index (χ3n) is 6.76. The maximum Gasteiger partial charge on any atom is 0.251 e. The Morgan fingerprint density at radius 1 is 0.935 bits per heavy atom. The van der Waals surface area contributed by atoms with Crippen molar-refractivity contribution in [2.24, 2.45) is 0 Å². The number of carbonyl (C=O) groups excluding carboxylic acids is 1. The summed E-state index contributed by atoms with van der Waals surface area (Å²) in [6.45, 7) is 6.78. The minimum absolute atomic E-state index is 0.0492. The zero-order chi connectivity index (χ0) is 21.6. The fourth-order valence-electron chi connectivity index (χ4n) is 4.62. The predicted molar refractivity (Wildman–Crippen MR) is 125 cm³/mol. The van der Waals surface area contributed by atoms with E-state index in [9.17, 15) is 9.90 Å². The van der Waals surface area contributed by atoms with Gasteiger partial charge >= 0.3 is 0 Å². The SMILES string of the molecule is CC1CCCCN1Cc1ccc(CNC(=O)c2ccc(N3CCC(O)CC3)cc2)cc1. The highest BCUT2D eigenvalue weighted by molar-refractivity contribution is 5.94. The molecule has 31 heavy (non-hydrogen) atoms. The maximum absolute atomic E-state index is 12.5. The summed E-state index contributed by atoms with van der Waals surface area (Å²) < 4.78 is 0. The van der Waals surface area contributed by atoms with Gasteiger partial charge in [-0.3, -0.25) is 9.69 Å². The van der Waals surface area contributed by atoms with Gasteiger partial charge < -0.3 is 15.3 Å². The highest BCUT2D eigenvalue weighted by Gasteiger charge is 2.19. The van der Waals surface area contributed by atoms with Crippen LogP contribution in [0.5, 0.6) is 0 Å². The van der Waals surface area contributed by atoms with Crippen molar-refractivity contribution in [3.05, 3.63) is 65.2 Å². The molecule has 2 aliphatic rings. The maximum atomic E-state index is 12.5. The third-order valence-corrected chi connectivity index (χ3v) is 6.76. The molecule has 5 nitrogen and oxygen atoms in total. The molecule has 2 N–H and O–H groups in total. The standard InChI is InChI=1S/C26H35N3O2/c1-20-4-2-3-15-29(20)19-22-7-5-21(6-8-22)18-27-26(31)23-9-11-24(12-10-23)28-16-13-25(30)14-17-28/h5-12,20,25,30H,2-4,13-19H2,1H3,(H,27,31). The number of aliphatic hydroxyl groups excluding tert-OH is 1. The molecule has 2 aromatic carbocycles. The fourth-order valence-corrected chi connectivity index (χ4v) is 4.62. The number of aliphatic hydroxyl groups is 1. The summed E-state index contributed by atoms with van der Waals surface area (Å²) in [7, 11) is 0. The monoisotopic (exact) mass is 421 g/mol. The quantitative estimate of drug-likeness (QED) is 0.742. The molecule has 0 bridgehead atoms. The lowest BCUT2D eigenvalue weighted by atomic mass is 10.0. The Morgan fingerprint density at radius 3 is 2.29 bits per heavy atom. The molecule has 4 rings (SSSR count). The number of amides is 1. The second-order valence-electron chi connectivity index (χ2n) is 9.08. The average Bonchev–Trinajstić information content (AvgIpc) is 2.80. The molecule has 0 saturated carbocycles. The van der Waals surface area contributed by atoms with Crippen molar-refractivity contribution < 1.29 is 9.90 Å². The molecule has 0 spiro atoms. The molecule has 0 aliphatic carbocycles. The van der Waals surface area contributed by atoms with E-state index in [1.54, 1.807) is 0 Å². The largest absolute Gasteiger partial charge is 0.393 e. The Kier molecular flexibility index (Phi) is 7.25. The minimum Gasteiger partial charge on any atom is -0.393 e. The molecular formula is C26H35N3O2. The first kappa shape index (κ1) is 21.8. The number of piperidine rings is 2. The van der Waals surface area contributed by atoms with Crippen molar-refractivity contribution in [3.8, 4) is 0 Å². The van der Waals surface area contributed by atoms with Crippen LogP contribution in [-0.4, -0.2) is 47.7 Å². The summed E-state index contributed by atoms with van der Waals surface area (Å²) in [6.07, 6.45) is 5.38. The third kappa shape index (κ3) is 5.86. The number of hydrogen-bond donors (Lipinski definition) is 2. The van der Waals surface area contributed by atoms with Crippen LogP contribution in [0.4, 0.5) is 5.69 Å². The molecular weight excluding hydrogens is 386 g/mol. The van der Waals surface area contributed by atoms with E-state index in [-0.39, 0.29) is 12.0 Å².